The maximum Gasteiger partial charge on any atom is 0.293 e. The van der Waals surface area contributed by atoms with E-state index in [9.17, 15) is 4.79 Å². The lowest BCUT2D eigenvalue weighted by atomic mass is 10.2. The molecule has 2 heterocycles. The zero-order valence-electron chi connectivity index (χ0n) is 18.2. The summed E-state index contributed by atoms with van der Waals surface area (Å²) in [7, 11) is 3.19. The Hall–Kier alpha value is -3.65. The van der Waals surface area contributed by atoms with Gasteiger partial charge in [0, 0.05) is 13.1 Å². The van der Waals surface area contributed by atoms with Crippen LogP contribution in [0.3, 0.4) is 0 Å². The smallest absolute Gasteiger partial charge is 0.293 e. The number of aromatic nitrogens is 3. The molecule has 0 spiro atoms. The minimum atomic E-state index is -0.227. The average molecular weight is 449 g/mol. The van der Waals surface area contributed by atoms with Gasteiger partial charge in [0.2, 0.25) is 5.82 Å². The highest BCUT2D eigenvalue weighted by Crippen LogP contribution is 2.29. The quantitative estimate of drug-likeness (QED) is 0.392. The van der Waals surface area contributed by atoms with Crippen LogP contribution in [-0.2, 0) is 6.54 Å². The third kappa shape index (κ3) is 4.36. The molecule has 0 saturated carbocycles. The maximum absolute atomic E-state index is 13.4. The molecule has 4 aromatic rings. The Morgan fingerprint density at radius 2 is 1.81 bits per heavy atom. The molecule has 0 fully saturated rings. The van der Waals surface area contributed by atoms with Crippen LogP contribution in [0.2, 0.25) is 0 Å². The molecule has 0 radical (unpaired) electrons. The number of thiophene rings is 1. The van der Waals surface area contributed by atoms with E-state index in [1.807, 2.05) is 73.0 Å². The van der Waals surface area contributed by atoms with Gasteiger partial charge in [-0.15, -0.1) is 16.4 Å². The van der Waals surface area contributed by atoms with E-state index in [1.54, 1.807) is 35.1 Å². The number of rotatable bonds is 8. The van der Waals surface area contributed by atoms with Crippen molar-refractivity contribution in [1.29, 1.82) is 0 Å². The Kier molecular flexibility index (Phi) is 6.51. The van der Waals surface area contributed by atoms with Crippen molar-refractivity contribution < 1.29 is 14.3 Å². The van der Waals surface area contributed by atoms with E-state index in [2.05, 4.69) is 10.1 Å². The molecule has 0 aliphatic rings. The molecular formula is C24H24N4O3S. The van der Waals surface area contributed by atoms with E-state index in [0.717, 1.165) is 16.1 Å². The van der Waals surface area contributed by atoms with E-state index in [4.69, 9.17) is 9.47 Å². The number of benzene rings is 2. The summed E-state index contributed by atoms with van der Waals surface area (Å²) in [5, 5.41) is 6.57. The first-order valence-electron chi connectivity index (χ1n) is 10.2. The summed E-state index contributed by atoms with van der Waals surface area (Å²) < 4.78 is 12.4. The summed E-state index contributed by atoms with van der Waals surface area (Å²) in [6, 6.07) is 19.3. The maximum atomic E-state index is 13.4. The standard InChI is InChI=1S/C24H24N4O3S/c1-4-27(16-17-12-13-19(30-2)20(15-17)31-3)24(29)22-25-23(21-11-8-14-32-21)28(26-22)18-9-6-5-7-10-18/h5-15H,4,16H2,1-3H3. The summed E-state index contributed by atoms with van der Waals surface area (Å²) in [6.45, 7) is 2.86. The number of nitrogens with zero attached hydrogens (tertiary/aromatic N) is 4. The SMILES string of the molecule is CCN(Cc1ccc(OC)c(OC)c1)C(=O)c1nc(-c2cccs2)n(-c2ccccc2)n1. The Morgan fingerprint density at radius 1 is 1.03 bits per heavy atom. The zero-order valence-corrected chi connectivity index (χ0v) is 19.0. The monoisotopic (exact) mass is 448 g/mol. The number of carbonyl (C=O) groups excluding carboxylic acids is 1. The van der Waals surface area contributed by atoms with Crippen molar-refractivity contribution in [3.63, 3.8) is 0 Å². The number of hydrogen-bond donors (Lipinski definition) is 0. The van der Waals surface area contributed by atoms with E-state index in [-0.39, 0.29) is 11.7 Å². The molecular weight excluding hydrogens is 424 g/mol. The highest BCUT2D eigenvalue weighted by atomic mass is 32.1. The summed E-state index contributed by atoms with van der Waals surface area (Å²) in [5.74, 6) is 1.86. The van der Waals surface area contributed by atoms with Crippen molar-refractivity contribution in [3.05, 3.63) is 77.4 Å². The third-order valence-electron chi connectivity index (χ3n) is 5.03. The lowest BCUT2D eigenvalue weighted by Gasteiger charge is -2.20. The lowest BCUT2D eigenvalue weighted by Crippen LogP contribution is -2.31. The largest absolute Gasteiger partial charge is 0.493 e. The van der Waals surface area contributed by atoms with Gasteiger partial charge in [-0.1, -0.05) is 30.3 Å². The molecule has 0 saturated heterocycles. The van der Waals surface area contributed by atoms with Crippen LogP contribution in [0.15, 0.2) is 66.0 Å². The first-order valence-corrected chi connectivity index (χ1v) is 11.1. The molecule has 0 bridgehead atoms. The molecule has 8 heteroatoms. The van der Waals surface area contributed by atoms with Crippen molar-refractivity contribution in [3.8, 4) is 27.9 Å². The fraction of sp³-hybridized carbons (Fsp3) is 0.208. The predicted molar refractivity (Wildman–Crippen MR) is 125 cm³/mol. The topological polar surface area (TPSA) is 69.5 Å². The zero-order chi connectivity index (χ0) is 22.5. The van der Waals surface area contributed by atoms with Crippen LogP contribution in [0, 0.1) is 0 Å². The van der Waals surface area contributed by atoms with Crippen LogP contribution < -0.4 is 9.47 Å². The molecule has 2 aromatic heterocycles. The minimum Gasteiger partial charge on any atom is -0.493 e. The molecule has 7 nitrogen and oxygen atoms in total. The third-order valence-corrected chi connectivity index (χ3v) is 5.90. The molecule has 1 amide bonds. The Morgan fingerprint density at radius 3 is 2.47 bits per heavy atom. The molecule has 2 aromatic carbocycles. The molecule has 0 aliphatic carbocycles. The second-order valence-electron chi connectivity index (χ2n) is 6.99. The molecule has 0 unspecified atom stereocenters. The van der Waals surface area contributed by atoms with Gasteiger partial charge in [-0.25, -0.2) is 9.67 Å². The fourth-order valence-electron chi connectivity index (χ4n) is 3.39. The van der Waals surface area contributed by atoms with Gasteiger partial charge in [0.25, 0.3) is 5.91 Å². The average Bonchev–Trinajstić information content (AvgIpc) is 3.52. The molecule has 4 rings (SSSR count). The summed E-state index contributed by atoms with van der Waals surface area (Å²) in [5.41, 5.74) is 1.78. The molecule has 0 N–H and O–H groups in total. The van der Waals surface area contributed by atoms with Crippen LogP contribution >= 0.6 is 11.3 Å². The van der Waals surface area contributed by atoms with Crippen molar-refractivity contribution in [2.24, 2.45) is 0 Å². The van der Waals surface area contributed by atoms with Gasteiger partial charge in [0.1, 0.15) is 0 Å². The van der Waals surface area contributed by atoms with Gasteiger partial charge in [0.05, 0.1) is 24.8 Å². The van der Waals surface area contributed by atoms with Crippen LogP contribution in [0.1, 0.15) is 23.1 Å². The van der Waals surface area contributed by atoms with Crippen molar-refractivity contribution in [2.75, 3.05) is 20.8 Å². The second kappa shape index (κ2) is 9.65. The summed E-state index contributed by atoms with van der Waals surface area (Å²) >= 11 is 1.56. The van der Waals surface area contributed by atoms with Crippen molar-refractivity contribution in [2.45, 2.75) is 13.5 Å². The first kappa shape index (κ1) is 21.6. The number of ether oxygens (including phenoxy) is 2. The van der Waals surface area contributed by atoms with Crippen molar-refractivity contribution >= 4 is 17.2 Å². The van der Waals surface area contributed by atoms with Crippen LogP contribution in [0.5, 0.6) is 11.5 Å². The van der Waals surface area contributed by atoms with E-state index in [0.29, 0.717) is 30.4 Å². The van der Waals surface area contributed by atoms with Crippen LogP contribution in [0.25, 0.3) is 16.4 Å². The molecule has 164 valence electrons. The van der Waals surface area contributed by atoms with Crippen LogP contribution in [0.4, 0.5) is 0 Å². The Labute approximate surface area is 190 Å². The minimum absolute atomic E-state index is 0.166. The normalized spacial score (nSPS) is 10.7. The number of hydrogen-bond acceptors (Lipinski definition) is 6. The fourth-order valence-corrected chi connectivity index (χ4v) is 4.08. The van der Waals surface area contributed by atoms with Gasteiger partial charge >= 0.3 is 0 Å². The number of carbonyl (C=O) groups is 1. The van der Waals surface area contributed by atoms with Gasteiger partial charge in [-0.3, -0.25) is 4.79 Å². The highest BCUT2D eigenvalue weighted by Gasteiger charge is 2.23. The molecule has 0 atom stereocenters. The van der Waals surface area contributed by atoms with E-state index in [1.165, 1.54) is 0 Å². The van der Waals surface area contributed by atoms with Gasteiger partial charge in [-0.2, -0.15) is 0 Å². The Bertz CT molecular complexity index is 1190. The van der Waals surface area contributed by atoms with E-state index >= 15 is 0 Å². The molecule has 0 aliphatic heterocycles. The summed E-state index contributed by atoms with van der Waals surface area (Å²) in [4.78, 5) is 20.6. The number of methoxy groups -OCH3 is 2. The summed E-state index contributed by atoms with van der Waals surface area (Å²) in [6.07, 6.45) is 0. The second-order valence-corrected chi connectivity index (χ2v) is 7.94. The van der Waals surface area contributed by atoms with Gasteiger partial charge in [-0.05, 0) is 48.2 Å². The lowest BCUT2D eigenvalue weighted by molar-refractivity contribution is 0.0740. The Balaban J connectivity index is 1.66. The van der Waals surface area contributed by atoms with Crippen LogP contribution in [-0.4, -0.2) is 46.3 Å². The van der Waals surface area contributed by atoms with E-state index < -0.39 is 0 Å². The van der Waals surface area contributed by atoms with Gasteiger partial charge in [0.15, 0.2) is 17.3 Å². The predicted octanol–water partition coefficient (Wildman–Crippen LogP) is 4.68. The number of para-hydroxylation sites is 1. The molecule has 32 heavy (non-hydrogen) atoms. The van der Waals surface area contributed by atoms with Crippen molar-refractivity contribution in [1.82, 2.24) is 19.7 Å². The highest BCUT2D eigenvalue weighted by molar-refractivity contribution is 7.13. The number of amides is 1. The first-order chi connectivity index (χ1) is 15.6. The van der Waals surface area contributed by atoms with Gasteiger partial charge < -0.3 is 14.4 Å².